The van der Waals surface area contributed by atoms with E-state index in [0.717, 1.165) is 6.54 Å². The van der Waals surface area contributed by atoms with Crippen LogP contribution in [0, 0.1) is 0 Å². The van der Waals surface area contributed by atoms with E-state index >= 15 is 0 Å². The maximum absolute atomic E-state index is 8.93. The molecule has 0 aliphatic carbocycles. The quantitative estimate of drug-likeness (QED) is 0.201. The molecule has 0 radical (unpaired) electrons. The summed E-state index contributed by atoms with van der Waals surface area (Å²) in [5.74, 6) is 0.594. The SMILES string of the molecule is CCCCNN.O=C([O-])C(=O)[O-]. The van der Waals surface area contributed by atoms with Gasteiger partial charge in [-0.25, -0.2) is 0 Å². The second kappa shape index (κ2) is 9.86. The zero-order valence-corrected chi connectivity index (χ0v) is 6.83. The molecule has 0 aromatic carbocycles. The summed E-state index contributed by atoms with van der Waals surface area (Å²) in [5, 5.41) is 17.9. The van der Waals surface area contributed by atoms with Gasteiger partial charge in [0.05, 0.1) is 11.9 Å². The summed E-state index contributed by atoms with van der Waals surface area (Å²) in [5.41, 5.74) is 2.57. The number of carbonyl (C=O) groups excluding carboxylic acids is 2. The van der Waals surface area contributed by atoms with Gasteiger partial charge in [-0.2, -0.15) is 0 Å². The lowest BCUT2D eigenvalue weighted by Gasteiger charge is -1.97. The third-order valence-corrected chi connectivity index (χ3v) is 0.841. The number of hydrazine groups is 1. The van der Waals surface area contributed by atoms with Crippen molar-refractivity contribution in [1.29, 1.82) is 0 Å². The molecule has 0 bridgehead atoms. The first-order valence-corrected chi connectivity index (χ1v) is 3.42. The number of carbonyl (C=O) groups is 2. The van der Waals surface area contributed by atoms with Gasteiger partial charge in [-0.15, -0.1) is 0 Å². The Morgan fingerprint density at radius 1 is 1.33 bits per heavy atom. The van der Waals surface area contributed by atoms with Crippen molar-refractivity contribution in [1.82, 2.24) is 5.43 Å². The van der Waals surface area contributed by atoms with Crippen molar-refractivity contribution in [2.75, 3.05) is 6.54 Å². The standard InChI is InChI=1S/C4H12N2.C2H2O4/c1-2-3-4-6-5;3-1(4)2(5)6/h6H,2-5H2,1H3;(H,3,4)(H,5,6)/p-2. The summed E-state index contributed by atoms with van der Waals surface area (Å²) in [6, 6.07) is 0. The fourth-order valence-corrected chi connectivity index (χ4v) is 0.279. The van der Waals surface area contributed by atoms with Gasteiger partial charge in [-0.05, 0) is 6.42 Å². The van der Waals surface area contributed by atoms with Gasteiger partial charge >= 0.3 is 0 Å². The number of hydrogen-bond acceptors (Lipinski definition) is 6. The van der Waals surface area contributed by atoms with Crippen LogP contribution in [0.15, 0.2) is 0 Å². The second-order valence-corrected chi connectivity index (χ2v) is 1.88. The molecule has 12 heavy (non-hydrogen) atoms. The van der Waals surface area contributed by atoms with Crippen molar-refractivity contribution >= 4 is 11.9 Å². The number of aliphatic carboxylic acids is 2. The van der Waals surface area contributed by atoms with Gasteiger partial charge in [0.15, 0.2) is 0 Å². The third-order valence-electron chi connectivity index (χ3n) is 0.841. The average molecular weight is 176 g/mol. The maximum Gasteiger partial charge on any atom is 0.0870 e. The highest BCUT2D eigenvalue weighted by molar-refractivity contribution is 6.25. The second-order valence-electron chi connectivity index (χ2n) is 1.88. The molecule has 6 heteroatoms. The van der Waals surface area contributed by atoms with Crippen LogP contribution in [0.25, 0.3) is 0 Å². The molecule has 0 heterocycles. The van der Waals surface area contributed by atoms with Gasteiger partial charge in [0.2, 0.25) is 0 Å². The Balaban J connectivity index is 0. The molecule has 0 aromatic heterocycles. The normalized spacial score (nSPS) is 8.17. The molecular formula is C6H12N2O4-2. The molecule has 0 saturated carbocycles. The molecule has 0 aliphatic heterocycles. The van der Waals surface area contributed by atoms with E-state index in [0.29, 0.717) is 0 Å². The first kappa shape index (κ1) is 13.4. The Labute approximate surface area is 70.3 Å². The number of hydrogen-bond donors (Lipinski definition) is 2. The molecule has 0 spiro atoms. The van der Waals surface area contributed by atoms with Crippen LogP contribution in [0.3, 0.4) is 0 Å². The molecule has 3 N–H and O–H groups in total. The van der Waals surface area contributed by atoms with Crippen LogP contribution in [-0.4, -0.2) is 18.5 Å². The minimum Gasteiger partial charge on any atom is -0.543 e. The van der Waals surface area contributed by atoms with E-state index in [2.05, 4.69) is 12.3 Å². The number of rotatable bonds is 3. The van der Waals surface area contributed by atoms with E-state index in [1.165, 1.54) is 12.8 Å². The topological polar surface area (TPSA) is 118 Å². The minimum atomic E-state index is -2.19. The van der Waals surface area contributed by atoms with Crippen LogP contribution in [0.1, 0.15) is 19.8 Å². The molecular weight excluding hydrogens is 164 g/mol. The average Bonchev–Trinajstić information content (AvgIpc) is 2.02. The highest BCUT2D eigenvalue weighted by Gasteiger charge is 1.75. The van der Waals surface area contributed by atoms with Crippen molar-refractivity contribution in [3.05, 3.63) is 0 Å². The largest absolute Gasteiger partial charge is 0.543 e. The van der Waals surface area contributed by atoms with E-state index in [4.69, 9.17) is 25.6 Å². The predicted octanol–water partition coefficient (Wildman–Crippen LogP) is -3.26. The lowest BCUT2D eigenvalue weighted by atomic mass is 10.3. The van der Waals surface area contributed by atoms with Crippen molar-refractivity contribution in [2.24, 2.45) is 5.84 Å². The summed E-state index contributed by atoms with van der Waals surface area (Å²) in [6.45, 7) is 3.08. The van der Waals surface area contributed by atoms with Gasteiger partial charge in [0, 0.05) is 6.54 Å². The van der Waals surface area contributed by atoms with Gasteiger partial charge in [-0.1, -0.05) is 13.3 Å². The third kappa shape index (κ3) is 15.9. The van der Waals surface area contributed by atoms with Crippen molar-refractivity contribution < 1.29 is 19.8 Å². The van der Waals surface area contributed by atoms with Crippen molar-refractivity contribution in [3.63, 3.8) is 0 Å². The van der Waals surface area contributed by atoms with Crippen LogP contribution in [0.5, 0.6) is 0 Å². The fourth-order valence-electron chi connectivity index (χ4n) is 0.279. The van der Waals surface area contributed by atoms with E-state index < -0.39 is 11.9 Å². The molecule has 0 saturated heterocycles. The molecule has 72 valence electrons. The molecule has 0 amide bonds. The molecule has 0 aromatic rings. The maximum atomic E-state index is 8.93. The summed E-state index contributed by atoms with van der Waals surface area (Å²) >= 11 is 0. The monoisotopic (exact) mass is 176 g/mol. The Hall–Kier alpha value is -1.14. The lowest BCUT2D eigenvalue weighted by molar-refractivity contribution is -0.345. The highest BCUT2D eigenvalue weighted by Crippen LogP contribution is 1.78. The lowest BCUT2D eigenvalue weighted by Crippen LogP contribution is -2.42. The van der Waals surface area contributed by atoms with E-state index in [9.17, 15) is 0 Å². The van der Waals surface area contributed by atoms with Crippen LogP contribution in [0.2, 0.25) is 0 Å². The van der Waals surface area contributed by atoms with Crippen LogP contribution in [-0.2, 0) is 9.59 Å². The summed E-state index contributed by atoms with van der Waals surface area (Å²) in [6.07, 6.45) is 2.39. The number of unbranched alkanes of at least 4 members (excludes halogenated alkanes) is 1. The smallest absolute Gasteiger partial charge is 0.0870 e. The fraction of sp³-hybridized carbons (Fsp3) is 0.667. The Morgan fingerprint density at radius 3 is 1.83 bits per heavy atom. The first-order chi connectivity index (χ1) is 5.56. The number of carboxylic acids is 2. The Morgan fingerprint density at radius 2 is 1.75 bits per heavy atom. The minimum absolute atomic E-state index is 0.941. The molecule has 0 unspecified atom stereocenters. The first-order valence-electron chi connectivity index (χ1n) is 3.42. The summed E-state index contributed by atoms with van der Waals surface area (Å²) in [4.78, 5) is 17.9. The Bertz CT molecular complexity index is 122. The number of nitrogens with one attached hydrogen (secondary N) is 1. The van der Waals surface area contributed by atoms with Gasteiger partial charge < -0.3 is 19.8 Å². The summed E-state index contributed by atoms with van der Waals surface area (Å²) < 4.78 is 0. The molecule has 0 fully saturated rings. The number of carboxylic acid groups (broad SMARTS) is 2. The molecule has 0 aliphatic rings. The van der Waals surface area contributed by atoms with Gasteiger partial charge in [0.1, 0.15) is 0 Å². The highest BCUT2D eigenvalue weighted by atomic mass is 16.4. The van der Waals surface area contributed by atoms with Gasteiger partial charge in [-0.3, -0.25) is 11.3 Å². The predicted molar refractivity (Wildman–Crippen MR) is 37.1 cm³/mol. The van der Waals surface area contributed by atoms with Crippen LogP contribution >= 0.6 is 0 Å². The van der Waals surface area contributed by atoms with E-state index in [-0.39, 0.29) is 0 Å². The zero-order valence-electron chi connectivity index (χ0n) is 6.83. The zero-order chi connectivity index (χ0) is 9.98. The molecule has 6 nitrogen and oxygen atoms in total. The van der Waals surface area contributed by atoms with Crippen molar-refractivity contribution in [3.8, 4) is 0 Å². The van der Waals surface area contributed by atoms with E-state index in [1.807, 2.05) is 0 Å². The Kier molecular flexibility index (Phi) is 11.1. The molecule has 0 atom stereocenters. The van der Waals surface area contributed by atoms with E-state index in [1.54, 1.807) is 0 Å². The summed E-state index contributed by atoms with van der Waals surface area (Å²) in [7, 11) is 0. The number of nitrogens with two attached hydrogens (primary N) is 1. The van der Waals surface area contributed by atoms with Gasteiger partial charge in [0.25, 0.3) is 0 Å². The molecule has 0 rings (SSSR count). The van der Waals surface area contributed by atoms with Crippen molar-refractivity contribution in [2.45, 2.75) is 19.8 Å². The van der Waals surface area contributed by atoms with Crippen LogP contribution < -0.4 is 21.5 Å². The van der Waals surface area contributed by atoms with Crippen LogP contribution in [0.4, 0.5) is 0 Å².